The predicted molar refractivity (Wildman–Crippen MR) is 88.0 cm³/mol. The maximum Gasteiger partial charge on any atom is 0.0952 e. The summed E-state index contributed by atoms with van der Waals surface area (Å²) in [4.78, 5) is 10.7. The lowest BCUT2D eigenvalue weighted by Crippen LogP contribution is -2.38. The second kappa shape index (κ2) is 6.98. The highest BCUT2D eigenvalue weighted by Crippen LogP contribution is 2.23. The van der Waals surface area contributed by atoms with Crippen molar-refractivity contribution in [3.05, 3.63) is 72.5 Å². The standard InChI is InChI=1S/C18H20N4O2/c1-4-19-5-2-15(1)11-24-13-18-10-21(8-16-3-6-23-12-16)9-17-7-20-14-22(17)18/h1-7,12,14,18H,8-11,13H2. The number of ether oxygens (including phenoxy) is 1. The van der Waals surface area contributed by atoms with Crippen molar-refractivity contribution in [1.29, 1.82) is 0 Å². The third-order valence-corrected chi connectivity index (χ3v) is 4.31. The third-order valence-electron chi connectivity index (χ3n) is 4.31. The van der Waals surface area contributed by atoms with E-state index in [1.54, 1.807) is 24.9 Å². The van der Waals surface area contributed by atoms with Crippen LogP contribution in [-0.2, 0) is 24.4 Å². The van der Waals surface area contributed by atoms with Gasteiger partial charge in [-0.15, -0.1) is 0 Å². The lowest BCUT2D eigenvalue weighted by molar-refractivity contribution is 0.0587. The molecule has 6 heteroatoms. The van der Waals surface area contributed by atoms with Gasteiger partial charge in [0.1, 0.15) is 0 Å². The SMILES string of the molecule is c1cc(COCC2CN(Cc3ccoc3)Cc3cncn32)ccn1. The molecule has 3 aromatic heterocycles. The van der Waals surface area contributed by atoms with Crippen molar-refractivity contribution in [2.45, 2.75) is 25.7 Å². The van der Waals surface area contributed by atoms with E-state index < -0.39 is 0 Å². The molecule has 0 aliphatic carbocycles. The van der Waals surface area contributed by atoms with Gasteiger partial charge in [-0.1, -0.05) is 0 Å². The van der Waals surface area contributed by atoms with Crippen molar-refractivity contribution < 1.29 is 9.15 Å². The smallest absolute Gasteiger partial charge is 0.0952 e. The molecule has 3 aromatic rings. The summed E-state index contributed by atoms with van der Waals surface area (Å²) in [6.45, 7) is 3.97. The summed E-state index contributed by atoms with van der Waals surface area (Å²) in [6.07, 6.45) is 11.0. The van der Waals surface area contributed by atoms with Crippen LogP contribution in [0.1, 0.15) is 22.9 Å². The Labute approximate surface area is 140 Å². The Morgan fingerprint density at radius 1 is 1.17 bits per heavy atom. The van der Waals surface area contributed by atoms with Gasteiger partial charge >= 0.3 is 0 Å². The third kappa shape index (κ3) is 3.39. The van der Waals surface area contributed by atoms with Gasteiger partial charge in [-0.2, -0.15) is 0 Å². The molecule has 124 valence electrons. The van der Waals surface area contributed by atoms with E-state index in [9.17, 15) is 0 Å². The first kappa shape index (κ1) is 15.1. The summed E-state index contributed by atoms with van der Waals surface area (Å²) in [5.74, 6) is 0. The van der Waals surface area contributed by atoms with Crippen LogP contribution in [0.4, 0.5) is 0 Å². The Bertz CT molecular complexity index is 754. The van der Waals surface area contributed by atoms with Crippen molar-refractivity contribution >= 4 is 0 Å². The molecule has 24 heavy (non-hydrogen) atoms. The number of imidazole rings is 1. The second-order valence-electron chi connectivity index (χ2n) is 6.12. The molecule has 0 fully saturated rings. The van der Waals surface area contributed by atoms with Crippen LogP contribution in [0.15, 0.2) is 60.1 Å². The molecule has 0 spiro atoms. The first-order valence-corrected chi connectivity index (χ1v) is 8.09. The fourth-order valence-corrected chi connectivity index (χ4v) is 3.15. The van der Waals surface area contributed by atoms with Gasteiger partial charge in [-0.25, -0.2) is 4.98 Å². The lowest BCUT2D eigenvalue weighted by atomic mass is 10.1. The van der Waals surface area contributed by atoms with Crippen LogP contribution in [0.2, 0.25) is 0 Å². The number of hydrogen-bond donors (Lipinski definition) is 0. The molecule has 0 amide bonds. The van der Waals surface area contributed by atoms with Gasteiger partial charge in [0.25, 0.3) is 0 Å². The molecule has 0 saturated carbocycles. The summed E-state index contributed by atoms with van der Waals surface area (Å²) in [6, 6.07) is 6.24. The normalized spacial score (nSPS) is 17.8. The molecular formula is C18H20N4O2. The van der Waals surface area contributed by atoms with E-state index in [1.807, 2.05) is 30.7 Å². The summed E-state index contributed by atoms with van der Waals surface area (Å²) in [5, 5.41) is 0. The highest BCUT2D eigenvalue weighted by atomic mass is 16.5. The minimum atomic E-state index is 0.269. The Morgan fingerprint density at radius 3 is 2.92 bits per heavy atom. The van der Waals surface area contributed by atoms with Crippen LogP contribution in [0, 0.1) is 0 Å². The van der Waals surface area contributed by atoms with Crippen molar-refractivity contribution in [2.24, 2.45) is 0 Å². The van der Waals surface area contributed by atoms with E-state index in [-0.39, 0.29) is 6.04 Å². The number of aromatic nitrogens is 3. The number of furan rings is 1. The fraction of sp³-hybridized carbons (Fsp3) is 0.333. The van der Waals surface area contributed by atoms with Gasteiger partial charge in [-0.3, -0.25) is 9.88 Å². The first-order valence-electron chi connectivity index (χ1n) is 8.09. The molecule has 0 radical (unpaired) electrons. The van der Waals surface area contributed by atoms with Crippen LogP contribution in [0.25, 0.3) is 0 Å². The van der Waals surface area contributed by atoms with E-state index in [2.05, 4.69) is 19.4 Å². The van der Waals surface area contributed by atoms with E-state index in [1.165, 1.54) is 11.3 Å². The van der Waals surface area contributed by atoms with E-state index >= 15 is 0 Å². The molecule has 1 aliphatic heterocycles. The van der Waals surface area contributed by atoms with Crippen molar-refractivity contribution in [3.63, 3.8) is 0 Å². The molecule has 6 nitrogen and oxygen atoms in total. The van der Waals surface area contributed by atoms with Gasteiger partial charge < -0.3 is 13.7 Å². The highest BCUT2D eigenvalue weighted by molar-refractivity contribution is 5.10. The number of rotatable bonds is 6. The zero-order valence-electron chi connectivity index (χ0n) is 13.4. The monoisotopic (exact) mass is 324 g/mol. The van der Waals surface area contributed by atoms with E-state index in [0.29, 0.717) is 13.2 Å². The zero-order valence-corrected chi connectivity index (χ0v) is 13.4. The average Bonchev–Trinajstić information content (AvgIpc) is 3.27. The largest absolute Gasteiger partial charge is 0.472 e. The minimum Gasteiger partial charge on any atom is -0.472 e. The number of hydrogen-bond acceptors (Lipinski definition) is 5. The van der Waals surface area contributed by atoms with Gasteiger partial charge in [0.15, 0.2) is 0 Å². The van der Waals surface area contributed by atoms with Crippen molar-refractivity contribution in [3.8, 4) is 0 Å². The summed E-state index contributed by atoms with van der Waals surface area (Å²) in [7, 11) is 0. The van der Waals surface area contributed by atoms with Gasteiger partial charge in [-0.05, 0) is 23.8 Å². The fourth-order valence-electron chi connectivity index (χ4n) is 3.15. The van der Waals surface area contributed by atoms with Crippen molar-refractivity contribution in [2.75, 3.05) is 13.2 Å². The Hall–Kier alpha value is -2.44. The van der Waals surface area contributed by atoms with Gasteiger partial charge in [0.2, 0.25) is 0 Å². The first-order chi connectivity index (χ1) is 11.9. The van der Waals surface area contributed by atoms with Crippen LogP contribution in [-0.4, -0.2) is 32.6 Å². The van der Waals surface area contributed by atoms with Crippen LogP contribution in [0.5, 0.6) is 0 Å². The van der Waals surface area contributed by atoms with E-state index in [0.717, 1.165) is 25.2 Å². The van der Waals surface area contributed by atoms with Gasteiger partial charge in [0, 0.05) is 43.8 Å². The maximum atomic E-state index is 5.95. The molecule has 1 unspecified atom stereocenters. The lowest BCUT2D eigenvalue weighted by Gasteiger charge is -2.34. The van der Waals surface area contributed by atoms with Crippen LogP contribution >= 0.6 is 0 Å². The Kier molecular flexibility index (Phi) is 4.40. The number of nitrogens with zero attached hydrogens (tertiary/aromatic N) is 4. The average molecular weight is 324 g/mol. The summed E-state index contributed by atoms with van der Waals surface area (Å²) >= 11 is 0. The van der Waals surface area contributed by atoms with E-state index in [4.69, 9.17) is 9.15 Å². The second-order valence-corrected chi connectivity index (χ2v) is 6.12. The zero-order chi connectivity index (χ0) is 16.2. The molecule has 1 atom stereocenters. The Morgan fingerprint density at radius 2 is 2.08 bits per heavy atom. The molecule has 1 aliphatic rings. The predicted octanol–water partition coefficient (Wildman–Crippen LogP) is 2.64. The van der Waals surface area contributed by atoms with Crippen molar-refractivity contribution in [1.82, 2.24) is 19.4 Å². The molecular weight excluding hydrogens is 304 g/mol. The Balaban J connectivity index is 1.40. The molecule has 0 bridgehead atoms. The number of fused-ring (bicyclic) bond motifs is 1. The molecule has 4 rings (SSSR count). The summed E-state index contributed by atoms with van der Waals surface area (Å²) < 4.78 is 13.4. The summed E-state index contributed by atoms with van der Waals surface area (Å²) in [5.41, 5.74) is 3.56. The molecule has 4 heterocycles. The topological polar surface area (TPSA) is 56.3 Å². The van der Waals surface area contributed by atoms with Crippen LogP contribution < -0.4 is 0 Å². The van der Waals surface area contributed by atoms with Crippen LogP contribution in [0.3, 0.4) is 0 Å². The minimum absolute atomic E-state index is 0.269. The molecule has 0 saturated heterocycles. The maximum absolute atomic E-state index is 5.95. The molecule has 0 aromatic carbocycles. The number of pyridine rings is 1. The van der Waals surface area contributed by atoms with Gasteiger partial charge in [0.05, 0.1) is 43.8 Å². The highest BCUT2D eigenvalue weighted by Gasteiger charge is 2.25. The molecule has 0 N–H and O–H groups in total. The quantitative estimate of drug-likeness (QED) is 0.698.